The summed E-state index contributed by atoms with van der Waals surface area (Å²) in [7, 11) is 5.92. The normalized spacial score (nSPS) is 11.5. The lowest BCUT2D eigenvalue weighted by atomic mass is 10.2. The zero-order chi connectivity index (χ0) is 24.2. The molecule has 1 aromatic heterocycles. The Hall–Kier alpha value is -3.73. The maximum absolute atomic E-state index is 13.5. The second-order valence-corrected chi connectivity index (χ2v) is 7.83. The minimum Gasteiger partial charge on any atom is -0.399 e. The Labute approximate surface area is 190 Å². The molecule has 8 nitrogen and oxygen atoms in total. The highest BCUT2D eigenvalue weighted by atomic mass is 19.4. The highest BCUT2D eigenvalue weighted by Gasteiger charge is 2.35. The van der Waals surface area contributed by atoms with Crippen molar-refractivity contribution in [2.45, 2.75) is 6.18 Å². The van der Waals surface area contributed by atoms with E-state index in [9.17, 15) is 13.2 Å². The quantitative estimate of drug-likeness (QED) is 0.372. The molecule has 0 aliphatic carbocycles. The third kappa shape index (κ3) is 6.39. The number of nitrogens with zero attached hydrogens (tertiary/aromatic N) is 4. The van der Waals surface area contributed by atoms with Crippen molar-refractivity contribution in [1.82, 2.24) is 14.9 Å². The van der Waals surface area contributed by atoms with Gasteiger partial charge < -0.3 is 31.9 Å². The average molecular weight is 461 g/mol. The summed E-state index contributed by atoms with van der Waals surface area (Å²) in [5.74, 6) is -0.402. The summed E-state index contributed by atoms with van der Waals surface area (Å²) in [6.45, 7) is 1.64. The van der Waals surface area contributed by atoms with Gasteiger partial charge in [-0.2, -0.15) is 18.2 Å². The zero-order valence-corrected chi connectivity index (χ0v) is 18.6. The third-order valence-corrected chi connectivity index (χ3v) is 4.82. The van der Waals surface area contributed by atoms with Gasteiger partial charge in [-0.25, -0.2) is 4.98 Å². The highest BCUT2D eigenvalue weighted by molar-refractivity contribution is 5.74. The molecule has 6 N–H and O–H groups in total. The van der Waals surface area contributed by atoms with Crippen LogP contribution in [0.3, 0.4) is 0 Å². The van der Waals surface area contributed by atoms with Crippen molar-refractivity contribution in [2.24, 2.45) is 0 Å². The molecular weight excluding hydrogens is 433 g/mol. The van der Waals surface area contributed by atoms with Gasteiger partial charge in [-0.3, -0.25) is 0 Å². The van der Waals surface area contributed by atoms with Crippen LogP contribution in [0.5, 0.6) is 0 Å². The smallest absolute Gasteiger partial charge is 0.399 e. The number of anilines is 7. The average Bonchev–Trinajstić information content (AvgIpc) is 2.71. The Morgan fingerprint density at radius 2 is 1.67 bits per heavy atom. The Kier molecular flexibility index (Phi) is 7.12. The molecule has 2 aromatic carbocycles. The Morgan fingerprint density at radius 1 is 0.939 bits per heavy atom. The molecule has 176 valence electrons. The van der Waals surface area contributed by atoms with Crippen molar-refractivity contribution in [3.8, 4) is 0 Å². The van der Waals surface area contributed by atoms with Gasteiger partial charge >= 0.3 is 6.18 Å². The van der Waals surface area contributed by atoms with Crippen molar-refractivity contribution in [1.29, 1.82) is 0 Å². The molecule has 33 heavy (non-hydrogen) atoms. The van der Waals surface area contributed by atoms with Crippen LogP contribution < -0.4 is 27.0 Å². The number of nitrogens with two attached hydrogens (primary N) is 2. The lowest BCUT2D eigenvalue weighted by molar-refractivity contribution is -0.137. The van der Waals surface area contributed by atoms with Crippen LogP contribution in [0.4, 0.5) is 53.4 Å². The van der Waals surface area contributed by atoms with Gasteiger partial charge in [0.1, 0.15) is 11.4 Å². The molecule has 0 saturated heterocycles. The molecule has 0 bridgehead atoms. The molecule has 0 aliphatic heterocycles. The summed E-state index contributed by atoms with van der Waals surface area (Å²) in [6.07, 6.45) is -3.90. The van der Waals surface area contributed by atoms with Crippen LogP contribution in [0, 0.1) is 0 Å². The fourth-order valence-electron chi connectivity index (χ4n) is 3.08. The molecule has 0 atom stereocenters. The topological polar surface area (TPSA) is 108 Å². The second-order valence-electron chi connectivity index (χ2n) is 7.83. The Balaban J connectivity index is 1.84. The van der Waals surface area contributed by atoms with E-state index in [-0.39, 0.29) is 5.95 Å². The minimum absolute atomic E-state index is 0.0116. The number of hydrogen-bond acceptors (Lipinski definition) is 8. The van der Waals surface area contributed by atoms with Crippen molar-refractivity contribution in [3.63, 3.8) is 0 Å². The van der Waals surface area contributed by atoms with E-state index in [1.54, 1.807) is 30.3 Å². The molecule has 0 spiro atoms. The summed E-state index contributed by atoms with van der Waals surface area (Å²) in [5, 5.41) is 5.59. The van der Waals surface area contributed by atoms with E-state index in [4.69, 9.17) is 11.5 Å². The molecule has 0 radical (unpaired) electrons. The first-order valence-electron chi connectivity index (χ1n) is 10.1. The van der Waals surface area contributed by atoms with Gasteiger partial charge in [0.2, 0.25) is 5.95 Å². The summed E-state index contributed by atoms with van der Waals surface area (Å²) in [5.41, 5.74) is 13.6. The van der Waals surface area contributed by atoms with Gasteiger partial charge in [0.15, 0.2) is 0 Å². The molecular formula is C22H27F3N8. The number of likely N-dealkylation sites (N-methyl/N-ethyl adjacent to an activating group) is 2. The van der Waals surface area contributed by atoms with E-state index >= 15 is 0 Å². The zero-order valence-electron chi connectivity index (χ0n) is 18.6. The number of benzene rings is 2. The molecule has 0 unspecified atom stereocenters. The van der Waals surface area contributed by atoms with Crippen LogP contribution in [-0.4, -0.2) is 49.1 Å². The van der Waals surface area contributed by atoms with E-state index in [1.807, 2.05) is 32.1 Å². The van der Waals surface area contributed by atoms with E-state index in [1.165, 1.54) is 6.07 Å². The van der Waals surface area contributed by atoms with E-state index in [0.717, 1.165) is 25.0 Å². The van der Waals surface area contributed by atoms with E-state index in [2.05, 4.69) is 25.5 Å². The van der Waals surface area contributed by atoms with Gasteiger partial charge in [-0.15, -0.1) is 0 Å². The lowest BCUT2D eigenvalue weighted by Gasteiger charge is -2.23. The maximum Gasteiger partial charge on any atom is 0.421 e. The van der Waals surface area contributed by atoms with Gasteiger partial charge in [-0.05, 0) is 50.5 Å². The summed E-state index contributed by atoms with van der Waals surface area (Å²) >= 11 is 0. The van der Waals surface area contributed by atoms with Gasteiger partial charge in [0.25, 0.3) is 0 Å². The second kappa shape index (κ2) is 9.82. The predicted octanol–water partition coefficient (Wildman–Crippen LogP) is 4.14. The fourth-order valence-corrected chi connectivity index (χ4v) is 3.08. The fraction of sp³-hybridized carbons (Fsp3) is 0.273. The number of rotatable bonds is 8. The number of halogens is 3. The molecule has 0 aliphatic rings. The number of alkyl halides is 3. The first kappa shape index (κ1) is 23.9. The Bertz CT molecular complexity index is 1100. The summed E-state index contributed by atoms with van der Waals surface area (Å²) in [6, 6.07) is 11.7. The number of nitrogens with one attached hydrogen (secondary N) is 2. The van der Waals surface area contributed by atoms with Crippen LogP contribution in [-0.2, 0) is 6.18 Å². The van der Waals surface area contributed by atoms with Crippen LogP contribution in [0.2, 0.25) is 0 Å². The monoisotopic (exact) mass is 460 g/mol. The van der Waals surface area contributed by atoms with Crippen molar-refractivity contribution in [2.75, 3.05) is 61.2 Å². The van der Waals surface area contributed by atoms with Crippen LogP contribution in [0.1, 0.15) is 5.56 Å². The van der Waals surface area contributed by atoms with Gasteiger partial charge in [-0.1, -0.05) is 6.07 Å². The van der Waals surface area contributed by atoms with Crippen molar-refractivity contribution >= 4 is 40.2 Å². The van der Waals surface area contributed by atoms with Crippen molar-refractivity contribution < 1.29 is 13.2 Å². The number of hydrogen-bond donors (Lipinski definition) is 4. The number of aromatic nitrogens is 2. The predicted molar refractivity (Wildman–Crippen MR) is 127 cm³/mol. The van der Waals surface area contributed by atoms with Crippen molar-refractivity contribution in [3.05, 3.63) is 54.2 Å². The maximum atomic E-state index is 13.5. The number of nitrogen functional groups attached to an aromatic ring is 2. The molecule has 0 amide bonds. The standard InChI is InChI=1S/C22H27F3N8/c1-32(2)9-10-33(3)19-8-7-16(12-18(19)27)30-21-28-13-17(22(23,24)25)20(31-21)29-15-6-4-5-14(26)11-15/h4-8,11-13H,9-10,26-27H2,1-3H3,(H2,28,29,30,31). The first-order chi connectivity index (χ1) is 15.5. The molecule has 0 fully saturated rings. The van der Waals surface area contributed by atoms with E-state index < -0.39 is 17.6 Å². The molecule has 3 rings (SSSR count). The van der Waals surface area contributed by atoms with Crippen LogP contribution in [0.15, 0.2) is 48.7 Å². The first-order valence-corrected chi connectivity index (χ1v) is 10.1. The largest absolute Gasteiger partial charge is 0.421 e. The van der Waals surface area contributed by atoms with Gasteiger partial charge in [0, 0.05) is 43.4 Å². The Morgan fingerprint density at radius 3 is 2.30 bits per heavy atom. The third-order valence-electron chi connectivity index (χ3n) is 4.82. The summed E-state index contributed by atoms with van der Waals surface area (Å²) < 4.78 is 40.5. The molecule has 11 heteroatoms. The van der Waals surface area contributed by atoms with E-state index in [0.29, 0.717) is 22.7 Å². The minimum atomic E-state index is -4.63. The highest BCUT2D eigenvalue weighted by Crippen LogP contribution is 2.36. The lowest BCUT2D eigenvalue weighted by Crippen LogP contribution is -2.28. The summed E-state index contributed by atoms with van der Waals surface area (Å²) in [4.78, 5) is 12.0. The molecule has 1 heterocycles. The van der Waals surface area contributed by atoms with Gasteiger partial charge in [0.05, 0.1) is 11.4 Å². The SMILES string of the molecule is CN(C)CCN(C)c1ccc(Nc2ncc(C(F)(F)F)c(Nc3cccc(N)c3)n2)cc1N. The van der Waals surface area contributed by atoms with Crippen LogP contribution in [0.25, 0.3) is 0 Å². The molecule has 3 aromatic rings. The molecule has 0 saturated carbocycles. The van der Waals surface area contributed by atoms with Crippen LogP contribution >= 0.6 is 0 Å².